The molecule has 5 nitrogen and oxygen atoms in total. The lowest BCUT2D eigenvalue weighted by Gasteiger charge is -2.39. The van der Waals surface area contributed by atoms with Crippen LogP contribution in [-0.2, 0) is 4.74 Å². The predicted octanol–water partition coefficient (Wildman–Crippen LogP) is 0.368. The summed E-state index contributed by atoms with van der Waals surface area (Å²) in [5.74, 6) is 0.518. The van der Waals surface area contributed by atoms with Gasteiger partial charge < -0.3 is 19.9 Å². The van der Waals surface area contributed by atoms with Gasteiger partial charge in [-0.2, -0.15) is 0 Å². The summed E-state index contributed by atoms with van der Waals surface area (Å²) in [4.78, 5) is 15.8. The summed E-state index contributed by atoms with van der Waals surface area (Å²) in [5, 5.41) is 3.19. The van der Waals surface area contributed by atoms with Crippen LogP contribution in [0.15, 0.2) is 0 Å². The van der Waals surface area contributed by atoms with Gasteiger partial charge in [-0.1, -0.05) is 0 Å². The van der Waals surface area contributed by atoms with Crippen molar-refractivity contribution in [1.29, 1.82) is 0 Å². The summed E-state index contributed by atoms with van der Waals surface area (Å²) >= 11 is 0. The number of urea groups is 1. The van der Waals surface area contributed by atoms with Gasteiger partial charge in [-0.25, -0.2) is 4.79 Å². The first-order chi connectivity index (χ1) is 8.20. The lowest BCUT2D eigenvalue weighted by molar-refractivity contribution is 0.0555. The number of hydrogen-bond donors (Lipinski definition) is 1. The molecule has 2 atom stereocenters. The van der Waals surface area contributed by atoms with Gasteiger partial charge in [-0.05, 0) is 19.9 Å². The molecule has 0 radical (unpaired) electrons. The average Bonchev–Trinajstić information content (AvgIpc) is 2.78. The van der Waals surface area contributed by atoms with E-state index in [1.165, 1.54) is 0 Å². The molecular weight excluding hydrogens is 218 g/mol. The van der Waals surface area contributed by atoms with E-state index in [0.717, 1.165) is 45.6 Å². The Kier molecular flexibility index (Phi) is 4.23. The van der Waals surface area contributed by atoms with E-state index in [0.29, 0.717) is 5.92 Å². The second-order valence-corrected chi connectivity index (χ2v) is 5.13. The van der Waals surface area contributed by atoms with Crippen LogP contribution < -0.4 is 5.32 Å². The maximum Gasteiger partial charge on any atom is 0.319 e. The molecule has 1 N–H and O–H groups in total. The summed E-state index contributed by atoms with van der Waals surface area (Å²) in [7, 11) is 3.84. The Morgan fingerprint density at radius 3 is 2.94 bits per heavy atom. The minimum absolute atomic E-state index is 0.146. The smallest absolute Gasteiger partial charge is 0.319 e. The van der Waals surface area contributed by atoms with Gasteiger partial charge in [0.2, 0.25) is 0 Å². The van der Waals surface area contributed by atoms with Crippen LogP contribution in [0.4, 0.5) is 4.79 Å². The lowest BCUT2D eigenvalue weighted by Crippen LogP contribution is -2.55. The van der Waals surface area contributed by atoms with Gasteiger partial charge in [0, 0.05) is 45.8 Å². The van der Waals surface area contributed by atoms with Gasteiger partial charge in [0.15, 0.2) is 0 Å². The largest absolute Gasteiger partial charge is 0.376 e. The molecule has 0 aromatic carbocycles. The molecule has 0 bridgehead atoms. The maximum atomic E-state index is 12.0. The van der Waals surface area contributed by atoms with Crippen LogP contribution in [0, 0.1) is 5.92 Å². The number of ether oxygens (including phenoxy) is 1. The van der Waals surface area contributed by atoms with Gasteiger partial charge in [-0.15, -0.1) is 0 Å². The molecule has 2 aliphatic heterocycles. The second-order valence-electron chi connectivity index (χ2n) is 5.13. The standard InChI is InChI=1S/C12H23N3O2/c1-13-6-10-7-14(2)12(16)15(8-10)9-11-4-3-5-17-11/h10-11,13H,3-9H2,1-2H3. The SMILES string of the molecule is CNCC1CN(C)C(=O)N(CC2CCCO2)C1. The zero-order chi connectivity index (χ0) is 12.3. The Hall–Kier alpha value is -0.810. The summed E-state index contributed by atoms with van der Waals surface area (Å²) in [6.45, 7) is 4.26. The Morgan fingerprint density at radius 1 is 1.47 bits per heavy atom. The van der Waals surface area contributed by atoms with Gasteiger partial charge in [-0.3, -0.25) is 0 Å². The molecule has 0 saturated carbocycles. The number of hydrogen-bond acceptors (Lipinski definition) is 3. The van der Waals surface area contributed by atoms with Gasteiger partial charge in [0.1, 0.15) is 0 Å². The van der Waals surface area contributed by atoms with Crippen molar-refractivity contribution in [3.05, 3.63) is 0 Å². The highest BCUT2D eigenvalue weighted by Gasteiger charge is 2.31. The van der Waals surface area contributed by atoms with Gasteiger partial charge in [0.25, 0.3) is 0 Å². The van der Waals surface area contributed by atoms with E-state index >= 15 is 0 Å². The van der Waals surface area contributed by atoms with Crippen LogP contribution in [0.1, 0.15) is 12.8 Å². The summed E-state index contributed by atoms with van der Waals surface area (Å²) in [5.41, 5.74) is 0. The number of carbonyl (C=O) groups excluding carboxylic acids is 1. The van der Waals surface area contributed by atoms with E-state index < -0.39 is 0 Å². The number of amides is 2. The molecule has 2 rings (SSSR count). The summed E-state index contributed by atoms with van der Waals surface area (Å²) in [6, 6.07) is 0.146. The Bertz CT molecular complexity index is 266. The first-order valence-electron chi connectivity index (χ1n) is 6.47. The number of nitrogens with zero attached hydrogens (tertiary/aromatic N) is 2. The molecule has 0 spiro atoms. The third-order valence-corrected chi connectivity index (χ3v) is 3.55. The molecule has 2 heterocycles. The van der Waals surface area contributed by atoms with Crippen LogP contribution in [0.25, 0.3) is 0 Å². The number of nitrogens with one attached hydrogen (secondary N) is 1. The molecule has 0 aromatic rings. The molecule has 2 aliphatic rings. The normalized spacial score (nSPS) is 30.1. The quantitative estimate of drug-likeness (QED) is 0.773. The second kappa shape index (κ2) is 5.69. The minimum Gasteiger partial charge on any atom is -0.376 e. The van der Waals surface area contributed by atoms with Gasteiger partial charge >= 0.3 is 6.03 Å². The first-order valence-corrected chi connectivity index (χ1v) is 6.47. The van der Waals surface area contributed by atoms with E-state index in [2.05, 4.69) is 5.32 Å². The van der Waals surface area contributed by atoms with Crippen molar-refractivity contribution < 1.29 is 9.53 Å². The van der Waals surface area contributed by atoms with E-state index in [1.807, 2.05) is 23.9 Å². The predicted molar refractivity (Wildman–Crippen MR) is 66.0 cm³/mol. The summed E-state index contributed by atoms with van der Waals surface area (Å²) < 4.78 is 5.61. The van der Waals surface area contributed by atoms with E-state index in [-0.39, 0.29) is 12.1 Å². The van der Waals surface area contributed by atoms with Crippen LogP contribution in [-0.4, -0.2) is 68.8 Å². The van der Waals surface area contributed by atoms with Gasteiger partial charge in [0.05, 0.1) is 6.10 Å². The van der Waals surface area contributed by atoms with Crippen molar-refractivity contribution in [3.8, 4) is 0 Å². The molecule has 2 fully saturated rings. The first kappa shape index (κ1) is 12.6. The molecule has 98 valence electrons. The van der Waals surface area contributed by atoms with Crippen LogP contribution >= 0.6 is 0 Å². The van der Waals surface area contributed by atoms with Crippen LogP contribution in [0.5, 0.6) is 0 Å². The third kappa shape index (κ3) is 3.10. The van der Waals surface area contributed by atoms with E-state index in [4.69, 9.17) is 4.74 Å². The van der Waals surface area contributed by atoms with Crippen LogP contribution in [0.3, 0.4) is 0 Å². The number of carbonyl (C=O) groups is 1. The molecule has 2 amide bonds. The Morgan fingerprint density at radius 2 is 2.29 bits per heavy atom. The zero-order valence-electron chi connectivity index (χ0n) is 10.8. The lowest BCUT2D eigenvalue weighted by atomic mass is 10.1. The Balaban J connectivity index is 1.90. The van der Waals surface area contributed by atoms with Crippen molar-refractivity contribution in [2.45, 2.75) is 18.9 Å². The van der Waals surface area contributed by atoms with Crippen molar-refractivity contribution in [3.63, 3.8) is 0 Å². The monoisotopic (exact) mass is 241 g/mol. The topological polar surface area (TPSA) is 44.8 Å². The van der Waals surface area contributed by atoms with Crippen molar-refractivity contribution >= 4 is 6.03 Å². The fourth-order valence-corrected chi connectivity index (χ4v) is 2.76. The highest BCUT2D eigenvalue weighted by Crippen LogP contribution is 2.18. The average molecular weight is 241 g/mol. The molecule has 0 aromatic heterocycles. The third-order valence-electron chi connectivity index (χ3n) is 3.55. The summed E-state index contributed by atoms with van der Waals surface area (Å²) in [6.07, 6.45) is 2.47. The maximum absolute atomic E-state index is 12.0. The highest BCUT2D eigenvalue weighted by atomic mass is 16.5. The van der Waals surface area contributed by atoms with E-state index in [9.17, 15) is 4.79 Å². The highest BCUT2D eigenvalue weighted by molar-refractivity contribution is 5.75. The molecule has 0 aliphatic carbocycles. The molecular formula is C12H23N3O2. The molecule has 5 heteroatoms. The fourth-order valence-electron chi connectivity index (χ4n) is 2.76. The van der Waals surface area contributed by atoms with E-state index in [1.54, 1.807) is 0 Å². The minimum atomic E-state index is 0.146. The molecule has 2 saturated heterocycles. The van der Waals surface area contributed by atoms with Crippen molar-refractivity contribution in [2.24, 2.45) is 5.92 Å². The molecule has 2 unspecified atom stereocenters. The van der Waals surface area contributed by atoms with Crippen molar-refractivity contribution in [2.75, 3.05) is 46.9 Å². The molecule has 17 heavy (non-hydrogen) atoms. The Labute approximate surface area is 103 Å². The van der Waals surface area contributed by atoms with Crippen LogP contribution in [0.2, 0.25) is 0 Å². The van der Waals surface area contributed by atoms with Crippen molar-refractivity contribution in [1.82, 2.24) is 15.1 Å². The fraction of sp³-hybridized carbons (Fsp3) is 0.917. The zero-order valence-corrected chi connectivity index (χ0v) is 10.8. The number of rotatable bonds is 4.